The Morgan fingerprint density at radius 3 is 2.33 bits per heavy atom. The molecule has 33 heavy (non-hydrogen) atoms. The number of carbonyl (C=O) groups is 2. The van der Waals surface area contributed by atoms with E-state index in [0.717, 1.165) is 43.1 Å². The summed E-state index contributed by atoms with van der Waals surface area (Å²) in [5.74, 6) is -1.85. The molecule has 11 heteroatoms. The van der Waals surface area contributed by atoms with Crippen LogP contribution in [0.3, 0.4) is 0 Å². The van der Waals surface area contributed by atoms with Crippen molar-refractivity contribution in [3.8, 4) is 6.07 Å². The fraction of sp³-hybridized carbons (Fsp3) is 0.409. The van der Waals surface area contributed by atoms with Crippen LogP contribution in [0.1, 0.15) is 30.9 Å². The molecule has 2 aliphatic heterocycles. The molecule has 0 aliphatic carbocycles. The molecular formula is C22H22F3N5O3. The van der Waals surface area contributed by atoms with Gasteiger partial charge in [-0.15, -0.1) is 0 Å². The zero-order valence-corrected chi connectivity index (χ0v) is 17.8. The maximum atomic E-state index is 12.6. The van der Waals surface area contributed by atoms with Crippen LogP contribution in [0, 0.1) is 16.7 Å². The zero-order valence-electron chi connectivity index (χ0n) is 17.8. The summed E-state index contributed by atoms with van der Waals surface area (Å²) >= 11 is 0. The Labute approximate surface area is 188 Å². The molecule has 0 radical (unpaired) electrons. The molecule has 2 aliphatic rings. The standard InChI is InChI=1S/C20H21N5O.C2HF3O2/c1-2-15-11-22-19(23-12-15)24-8-7-20(13-24)9-18(26)25(14-20)17-5-3-16(10-21)4-6-17;3-2(4,5)1(6)7/h3-6,11-12H,2,7-9,13-14H2,1H3;(H,6,7). The Balaban J connectivity index is 0.000000383. The molecule has 1 atom stereocenters. The fourth-order valence-electron chi connectivity index (χ4n) is 3.92. The number of rotatable bonds is 3. The second kappa shape index (κ2) is 9.44. The number of alkyl halides is 3. The number of halogens is 3. The van der Waals surface area contributed by atoms with Crippen molar-refractivity contribution in [1.29, 1.82) is 5.26 Å². The largest absolute Gasteiger partial charge is 0.490 e. The van der Waals surface area contributed by atoms with E-state index in [0.29, 0.717) is 18.5 Å². The van der Waals surface area contributed by atoms with Crippen molar-refractivity contribution in [2.75, 3.05) is 29.4 Å². The highest BCUT2D eigenvalue weighted by Gasteiger charge is 2.48. The summed E-state index contributed by atoms with van der Waals surface area (Å²) in [5.41, 5.74) is 2.56. The van der Waals surface area contributed by atoms with E-state index in [1.165, 1.54) is 0 Å². The number of amides is 1. The van der Waals surface area contributed by atoms with Gasteiger partial charge in [-0.3, -0.25) is 4.79 Å². The van der Waals surface area contributed by atoms with Gasteiger partial charge in [0.15, 0.2) is 0 Å². The van der Waals surface area contributed by atoms with Crippen molar-refractivity contribution >= 4 is 23.5 Å². The predicted molar refractivity (Wildman–Crippen MR) is 112 cm³/mol. The lowest BCUT2D eigenvalue weighted by atomic mass is 9.86. The van der Waals surface area contributed by atoms with Gasteiger partial charge < -0.3 is 14.9 Å². The van der Waals surface area contributed by atoms with Crippen LogP contribution in [0.2, 0.25) is 0 Å². The fourth-order valence-corrected chi connectivity index (χ4v) is 3.92. The number of carboxylic acids is 1. The van der Waals surface area contributed by atoms with Gasteiger partial charge in [0.05, 0.1) is 11.6 Å². The second-order valence-electron chi connectivity index (χ2n) is 8.03. The summed E-state index contributed by atoms with van der Waals surface area (Å²) < 4.78 is 31.7. The van der Waals surface area contributed by atoms with E-state index in [1.54, 1.807) is 12.1 Å². The maximum Gasteiger partial charge on any atom is 0.490 e. The van der Waals surface area contributed by atoms with Gasteiger partial charge in [0, 0.05) is 49.6 Å². The van der Waals surface area contributed by atoms with Crippen molar-refractivity contribution in [2.45, 2.75) is 32.4 Å². The average molecular weight is 461 g/mol. The number of carbonyl (C=O) groups excluding carboxylic acids is 1. The first-order valence-electron chi connectivity index (χ1n) is 10.2. The monoisotopic (exact) mass is 461 g/mol. The number of hydrogen-bond acceptors (Lipinski definition) is 6. The van der Waals surface area contributed by atoms with Crippen LogP contribution in [0.15, 0.2) is 36.7 Å². The van der Waals surface area contributed by atoms with Crippen molar-refractivity contribution in [2.24, 2.45) is 5.41 Å². The van der Waals surface area contributed by atoms with Crippen LogP contribution < -0.4 is 9.80 Å². The third-order valence-corrected chi connectivity index (χ3v) is 5.69. The minimum atomic E-state index is -5.08. The quantitative estimate of drug-likeness (QED) is 0.748. The molecule has 2 saturated heterocycles. The summed E-state index contributed by atoms with van der Waals surface area (Å²) in [6.07, 6.45) is 1.13. The number of anilines is 2. The zero-order chi connectivity index (χ0) is 24.2. The van der Waals surface area contributed by atoms with E-state index in [2.05, 4.69) is 27.9 Å². The SMILES string of the molecule is CCc1cnc(N2CCC3(CC(=O)N(c4ccc(C#N)cc4)C3)C2)nc1.O=C(O)C(F)(F)F. The van der Waals surface area contributed by atoms with Crippen molar-refractivity contribution in [3.63, 3.8) is 0 Å². The average Bonchev–Trinajstić information content (AvgIpc) is 3.36. The molecule has 3 heterocycles. The second-order valence-corrected chi connectivity index (χ2v) is 8.03. The summed E-state index contributed by atoms with van der Waals surface area (Å²) in [7, 11) is 0. The Hall–Kier alpha value is -3.68. The number of nitriles is 1. The van der Waals surface area contributed by atoms with E-state index >= 15 is 0 Å². The lowest BCUT2D eigenvalue weighted by molar-refractivity contribution is -0.192. The van der Waals surface area contributed by atoms with Gasteiger partial charge >= 0.3 is 12.1 Å². The number of carboxylic acid groups (broad SMARTS) is 1. The first kappa shape index (κ1) is 24.0. The Kier molecular flexibility index (Phi) is 6.86. The molecule has 1 amide bonds. The van der Waals surface area contributed by atoms with Gasteiger partial charge in [0.2, 0.25) is 11.9 Å². The maximum absolute atomic E-state index is 12.6. The Morgan fingerprint density at radius 1 is 1.21 bits per heavy atom. The highest BCUT2D eigenvalue weighted by Crippen LogP contribution is 2.42. The Bertz CT molecular complexity index is 1050. The minimum Gasteiger partial charge on any atom is -0.475 e. The van der Waals surface area contributed by atoms with Crippen LogP contribution >= 0.6 is 0 Å². The molecule has 1 aromatic carbocycles. The first-order valence-corrected chi connectivity index (χ1v) is 10.2. The number of benzene rings is 1. The topological polar surface area (TPSA) is 110 Å². The van der Waals surface area contributed by atoms with E-state index in [1.807, 2.05) is 29.4 Å². The number of nitrogens with zero attached hydrogens (tertiary/aromatic N) is 5. The van der Waals surface area contributed by atoms with Crippen molar-refractivity contribution < 1.29 is 27.9 Å². The summed E-state index contributed by atoms with van der Waals surface area (Å²) in [6.45, 7) is 4.48. The third-order valence-electron chi connectivity index (χ3n) is 5.69. The van der Waals surface area contributed by atoms with Gasteiger partial charge in [0.1, 0.15) is 0 Å². The molecule has 0 saturated carbocycles. The van der Waals surface area contributed by atoms with Crippen molar-refractivity contribution in [3.05, 3.63) is 47.8 Å². The molecule has 0 bridgehead atoms. The molecule has 1 aromatic heterocycles. The number of aliphatic carboxylic acids is 1. The lowest BCUT2D eigenvalue weighted by Gasteiger charge is -2.24. The highest BCUT2D eigenvalue weighted by molar-refractivity contribution is 5.96. The van der Waals surface area contributed by atoms with Crippen LogP contribution in [0.5, 0.6) is 0 Å². The number of hydrogen-bond donors (Lipinski definition) is 1. The summed E-state index contributed by atoms with van der Waals surface area (Å²) in [6, 6.07) is 9.35. The van der Waals surface area contributed by atoms with Gasteiger partial charge in [-0.25, -0.2) is 14.8 Å². The molecule has 1 unspecified atom stereocenters. The highest BCUT2D eigenvalue weighted by atomic mass is 19.4. The van der Waals surface area contributed by atoms with Crippen LogP contribution in [0.4, 0.5) is 24.8 Å². The Morgan fingerprint density at radius 2 is 1.82 bits per heavy atom. The molecule has 4 rings (SSSR count). The number of aryl methyl sites for hydroxylation is 1. The van der Waals surface area contributed by atoms with Crippen molar-refractivity contribution in [1.82, 2.24) is 9.97 Å². The number of aromatic nitrogens is 2. The van der Waals surface area contributed by atoms with E-state index in [9.17, 15) is 18.0 Å². The molecule has 1 spiro atoms. The minimum absolute atomic E-state index is 0.0439. The van der Waals surface area contributed by atoms with Crippen LogP contribution in [-0.2, 0) is 16.0 Å². The van der Waals surface area contributed by atoms with E-state index in [-0.39, 0.29) is 11.3 Å². The summed E-state index contributed by atoms with van der Waals surface area (Å²) in [5, 5.41) is 16.1. The molecule has 2 aromatic rings. The van der Waals surface area contributed by atoms with Gasteiger partial charge in [0.25, 0.3) is 0 Å². The van der Waals surface area contributed by atoms with Gasteiger partial charge in [-0.1, -0.05) is 6.92 Å². The lowest BCUT2D eigenvalue weighted by Crippen LogP contribution is -2.31. The van der Waals surface area contributed by atoms with E-state index in [4.69, 9.17) is 15.2 Å². The van der Waals surface area contributed by atoms with Gasteiger partial charge in [-0.2, -0.15) is 18.4 Å². The smallest absolute Gasteiger partial charge is 0.475 e. The molecular weight excluding hydrogens is 439 g/mol. The molecule has 2 fully saturated rings. The van der Waals surface area contributed by atoms with Gasteiger partial charge in [-0.05, 0) is 42.7 Å². The van der Waals surface area contributed by atoms with E-state index < -0.39 is 12.1 Å². The van der Waals surface area contributed by atoms with Crippen LogP contribution in [-0.4, -0.2) is 52.8 Å². The van der Waals surface area contributed by atoms with Crippen LogP contribution in [0.25, 0.3) is 0 Å². The summed E-state index contributed by atoms with van der Waals surface area (Å²) in [4.78, 5) is 34.5. The molecule has 1 N–H and O–H groups in total. The molecule has 174 valence electrons. The predicted octanol–water partition coefficient (Wildman–Crippen LogP) is 3.18. The normalized spacial score (nSPS) is 19.9. The third kappa shape index (κ3) is 5.58. The first-order chi connectivity index (χ1) is 15.6. The molecule has 8 nitrogen and oxygen atoms in total.